The number of nitrogens with two attached hydrogens (primary N) is 1. The second kappa shape index (κ2) is 4.12. The number of aryl methyl sites for hydroxylation is 1. The van der Waals surface area contributed by atoms with Crippen LogP contribution in [-0.2, 0) is 7.05 Å². The van der Waals surface area contributed by atoms with Gasteiger partial charge in [0.2, 0.25) is 0 Å². The fourth-order valence-electron chi connectivity index (χ4n) is 1.49. The Morgan fingerprint density at radius 2 is 2.27 bits per heavy atom. The Morgan fingerprint density at radius 1 is 1.47 bits per heavy atom. The van der Waals surface area contributed by atoms with E-state index in [2.05, 4.69) is 26.0 Å². The van der Waals surface area contributed by atoms with Crippen LogP contribution < -0.4 is 5.73 Å². The number of halogens is 1. The largest absolute Gasteiger partial charge is 0.319 e. The minimum atomic E-state index is -0.208. The molecule has 0 radical (unpaired) electrons. The Morgan fingerprint density at radius 3 is 2.80 bits per heavy atom. The molecule has 0 spiro atoms. The minimum Gasteiger partial charge on any atom is -0.319 e. The van der Waals surface area contributed by atoms with Crippen molar-refractivity contribution in [1.82, 2.24) is 14.8 Å². The zero-order chi connectivity index (χ0) is 10.8. The summed E-state index contributed by atoms with van der Waals surface area (Å²) in [7, 11) is 1.87. The quantitative estimate of drug-likeness (QED) is 0.899. The molecule has 0 saturated heterocycles. The molecule has 4 nitrogen and oxygen atoms in total. The van der Waals surface area contributed by atoms with E-state index < -0.39 is 0 Å². The fourth-order valence-corrected chi connectivity index (χ4v) is 2.08. The molecule has 2 rings (SSSR count). The Bertz CT molecular complexity index is 432. The highest BCUT2D eigenvalue weighted by Gasteiger charge is 2.16. The standard InChI is InChI=1S/C10H11BrN4/c1-15-10(8(11)6-14-15)9(12)7-3-2-4-13-5-7/h2-6,9H,12H2,1H3. The molecule has 0 aliphatic heterocycles. The van der Waals surface area contributed by atoms with Crippen molar-refractivity contribution in [1.29, 1.82) is 0 Å². The summed E-state index contributed by atoms with van der Waals surface area (Å²) in [4.78, 5) is 4.05. The summed E-state index contributed by atoms with van der Waals surface area (Å²) in [6.45, 7) is 0. The first-order valence-corrected chi connectivity index (χ1v) is 5.32. The lowest BCUT2D eigenvalue weighted by Crippen LogP contribution is -2.16. The lowest BCUT2D eigenvalue weighted by molar-refractivity contribution is 0.670. The molecule has 1 atom stereocenters. The third-order valence-corrected chi connectivity index (χ3v) is 2.89. The van der Waals surface area contributed by atoms with Crippen molar-refractivity contribution >= 4 is 15.9 Å². The SMILES string of the molecule is Cn1ncc(Br)c1C(N)c1cccnc1. The molecule has 2 aromatic rings. The van der Waals surface area contributed by atoms with Crippen LogP contribution in [0.3, 0.4) is 0 Å². The number of aromatic nitrogens is 3. The van der Waals surface area contributed by atoms with E-state index in [0.29, 0.717) is 0 Å². The molecule has 2 N–H and O–H groups in total. The normalized spacial score (nSPS) is 12.7. The first-order chi connectivity index (χ1) is 7.20. The summed E-state index contributed by atoms with van der Waals surface area (Å²) in [6.07, 6.45) is 5.24. The van der Waals surface area contributed by atoms with Gasteiger partial charge in [0.1, 0.15) is 0 Å². The molecular formula is C10H11BrN4. The molecule has 2 heterocycles. The van der Waals surface area contributed by atoms with E-state index in [9.17, 15) is 0 Å². The van der Waals surface area contributed by atoms with Gasteiger partial charge in [-0.3, -0.25) is 9.67 Å². The van der Waals surface area contributed by atoms with Crippen molar-refractivity contribution in [3.05, 3.63) is 46.5 Å². The molecule has 0 bridgehead atoms. The molecule has 15 heavy (non-hydrogen) atoms. The van der Waals surface area contributed by atoms with Gasteiger partial charge in [-0.05, 0) is 27.6 Å². The van der Waals surface area contributed by atoms with Crippen molar-refractivity contribution in [3.8, 4) is 0 Å². The van der Waals surface area contributed by atoms with Crippen molar-refractivity contribution in [2.45, 2.75) is 6.04 Å². The highest BCUT2D eigenvalue weighted by molar-refractivity contribution is 9.10. The van der Waals surface area contributed by atoms with E-state index in [-0.39, 0.29) is 6.04 Å². The minimum absolute atomic E-state index is 0.208. The van der Waals surface area contributed by atoms with Crippen LogP contribution in [0.2, 0.25) is 0 Å². The lowest BCUT2D eigenvalue weighted by atomic mass is 10.1. The van der Waals surface area contributed by atoms with Crippen LogP contribution in [0.25, 0.3) is 0 Å². The molecule has 5 heteroatoms. The molecule has 0 aromatic carbocycles. The van der Waals surface area contributed by atoms with E-state index in [1.807, 2.05) is 19.2 Å². The lowest BCUT2D eigenvalue weighted by Gasteiger charge is -2.12. The molecular weight excluding hydrogens is 256 g/mol. The Hall–Kier alpha value is -1.20. The van der Waals surface area contributed by atoms with E-state index in [1.165, 1.54) is 0 Å². The summed E-state index contributed by atoms with van der Waals surface area (Å²) in [5.41, 5.74) is 8.05. The van der Waals surface area contributed by atoms with Crippen LogP contribution in [0.5, 0.6) is 0 Å². The van der Waals surface area contributed by atoms with Gasteiger partial charge >= 0.3 is 0 Å². The highest BCUT2D eigenvalue weighted by atomic mass is 79.9. The zero-order valence-corrected chi connectivity index (χ0v) is 9.85. The molecule has 0 amide bonds. The zero-order valence-electron chi connectivity index (χ0n) is 8.26. The van der Waals surface area contributed by atoms with Gasteiger partial charge in [-0.15, -0.1) is 0 Å². The summed E-state index contributed by atoms with van der Waals surface area (Å²) in [5, 5.41) is 4.13. The van der Waals surface area contributed by atoms with Gasteiger partial charge in [-0.1, -0.05) is 6.07 Å². The van der Waals surface area contributed by atoms with E-state index in [0.717, 1.165) is 15.7 Å². The van der Waals surface area contributed by atoms with Gasteiger partial charge in [0, 0.05) is 19.4 Å². The number of hydrogen-bond acceptors (Lipinski definition) is 3. The molecule has 0 aliphatic carbocycles. The average Bonchev–Trinajstić information content (AvgIpc) is 2.59. The van der Waals surface area contributed by atoms with E-state index >= 15 is 0 Å². The van der Waals surface area contributed by atoms with Crippen LogP contribution in [0.15, 0.2) is 35.2 Å². The summed E-state index contributed by atoms with van der Waals surface area (Å²) < 4.78 is 2.68. The topological polar surface area (TPSA) is 56.7 Å². The maximum atomic E-state index is 6.13. The smallest absolute Gasteiger partial charge is 0.0749 e. The molecule has 0 fully saturated rings. The van der Waals surface area contributed by atoms with Gasteiger partial charge < -0.3 is 5.73 Å². The molecule has 78 valence electrons. The highest BCUT2D eigenvalue weighted by Crippen LogP contribution is 2.25. The van der Waals surface area contributed by atoms with Crippen LogP contribution in [0.1, 0.15) is 17.3 Å². The molecule has 1 unspecified atom stereocenters. The number of pyridine rings is 1. The van der Waals surface area contributed by atoms with Crippen molar-refractivity contribution in [3.63, 3.8) is 0 Å². The monoisotopic (exact) mass is 266 g/mol. The van der Waals surface area contributed by atoms with Crippen LogP contribution in [-0.4, -0.2) is 14.8 Å². The van der Waals surface area contributed by atoms with Gasteiger partial charge in [0.25, 0.3) is 0 Å². The maximum Gasteiger partial charge on any atom is 0.0749 e. The predicted octanol–water partition coefficient (Wildman–Crippen LogP) is 1.63. The second-order valence-electron chi connectivity index (χ2n) is 3.27. The van der Waals surface area contributed by atoms with Crippen molar-refractivity contribution in [2.24, 2.45) is 12.8 Å². The number of hydrogen-bond donors (Lipinski definition) is 1. The number of rotatable bonds is 2. The van der Waals surface area contributed by atoms with Crippen molar-refractivity contribution in [2.75, 3.05) is 0 Å². The maximum absolute atomic E-state index is 6.13. The first-order valence-electron chi connectivity index (χ1n) is 4.53. The van der Waals surface area contributed by atoms with Crippen LogP contribution in [0, 0.1) is 0 Å². The average molecular weight is 267 g/mol. The van der Waals surface area contributed by atoms with E-state index in [1.54, 1.807) is 23.3 Å². The third-order valence-electron chi connectivity index (χ3n) is 2.28. The third kappa shape index (κ3) is 1.93. The van der Waals surface area contributed by atoms with Gasteiger partial charge in [0.05, 0.1) is 22.4 Å². The fraction of sp³-hybridized carbons (Fsp3) is 0.200. The second-order valence-corrected chi connectivity index (χ2v) is 4.12. The van der Waals surface area contributed by atoms with Crippen LogP contribution >= 0.6 is 15.9 Å². The Balaban J connectivity index is 2.41. The van der Waals surface area contributed by atoms with E-state index in [4.69, 9.17) is 5.73 Å². The van der Waals surface area contributed by atoms with Crippen LogP contribution in [0.4, 0.5) is 0 Å². The van der Waals surface area contributed by atoms with Gasteiger partial charge in [-0.2, -0.15) is 5.10 Å². The molecule has 2 aromatic heterocycles. The van der Waals surface area contributed by atoms with Gasteiger partial charge in [-0.25, -0.2) is 0 Å². The Kier molecular flexibility index (Phi) is 2.83. The Labute approximate surface area is 96.3 Å². The predicted molar refractivity (Wildman–Crippen MR) is 61.2 cm³/mol. The van der Waals surface area contributed by atoms with Gasteiger partial charge in [0.15, 0.2) is 0 Å². The summed E-state index contributed by atoms with van der Waals surface area (Å²) in [5.74, 6) is 0. The summed E-state index contributed by atoms with van der Waals surface area (Å²) >= 11 is 3.43. The number of nitrogens with zero attached hydrogens (tertiary/aromatic N) is 3. The molecule has 0 saturated carbocycles. The molecule has 0 aliphatic rings. The van der Waals surface area contributed by atoms with Crippen molar-refractivity contribution < 1.29 is 0 Å². The first kappa shape index (κ1) is 10.3. The summed E-state index contributed by atoms with van der Waals surface area (Å²) in [6, 6.07) is 3.62.